The molecule has 96 valence electrons. The Morgan fingerprint density at radius 2 is 1.56 bits per heavy atom. The molecule has 4 heteroatoms. The lowest BCUT2D eigenvalue weighted by Gasteiger charge is -2.38. The maximum atomic E-state index is 12.3. The third kappa shape index (κ3) is 2.77. The Kier molecular flexibility index (Phi) is 3.75. The SMILES string of the molecule is CC(C)S(=O)(=O)N(C1CC1)[C@H](C)C(C)(C)C. The van der Waals surface area contributed by atoms with E-state index in [1.165, 1.54) is 0 Å². The van der Waals surface area contributed by atoms with Crippen molar-refractivity contribution in [3.8, 4) is 0 Å². The lowest BCUT2D eigenvalue weighted by Crippen LogP contribution is -2.49. The molecule has 0 unspecified atom stereocenters. The molecule has 1 saturated carbocycles. The van der Waals surface area contributed by atoms with Gasteiger partial charge in [-0.05, 0) is 39.0 Å². The summed E-state index contributed by atoms with van der Waals surface area (Å²) in [5.74, 6) is 0. The molecule has 0 spiro atoms. The van der Waals surface area contributed by atoms with E-state index < -0.39 is 10.0 Å². The van der Waals surface area contributed by atoms with Gasteiger partial charge >= 0.3 is 0 Å². The summed E-state index contributed by atoms with van der Waals surface area (Å²) in [5, 5.41) is -0.321. The van der Waals surface area contributed by atoms with Crippen molar-refractivity contribution in [3.63, 3.8) is 0 Å². The van der Waals surface area contributed by atoms with Gasteiger partial charge in [0, 0.05) is 12.1 Å². The first kappa shape index (κ1) is 14.0. The van der Waals surface area contributed by atoms with Crippen LogP contribution in [0.5, 0.6) is 0 Å². The lowest BCUT2D eigenvalue weighted by atomic mass is 9.88. The second-order valence-corrected chi connectivity index (χ2v) is 8.59. The molecule has 0 N–H and O–H groups in total. The van der Waals surface area contributed by atoms with Crippen molar-refractivity contribution >= 4 is 10.0 Å². The first-order valence-corrected chi connectivity index (χ1v) is 7.61. The third-order valence-corrected chi connectivity index (χ3v) is 5.82. The molecule has 3 nitrogen and oxygen atoms in total. The largest absolute Gasteiger partial charge is 0.216 e. The number of nitrogens with zero attached hydrogens (tertiary/aromatic N) is 1. The van der Waals surface area contributed by atoms with E-state index in [0.29, 0.717) is 0 Å². The molecule has 0 radical (unpaired) electrons. The van der Waals surface area contributed by atoms with Crippen LogP contribution in [0.2, 0.25) is 0 Å². The van der Waals surface area contributed by atoms with E-state index in [4.69, 9.17) is 0 Å². The monoisotopic (exact) mass is 247 g/mol. The molecule has 0 bridgehead atoms. The van der Waals surface area contributed by atoms with Crippen LogP contribution in [0.25, 0.3) is 0 Å². The van der Waals surface area contributed by atoms with Crippen LogP contribution in [-0.2, 0) is 10.0 Å². The minimum Gasteiger partial charge on any atom is -0.212 e. The van der Waals surface area contributed by atoms with Gasteiger partial charge in [-0.25, -0.2) is 8.42 Å². The molecule has 1 rings (SSSR count). The van der Waals surface area contributed by atoms with Gasteiger partial charge in [-0.15, -0.1) is 0 Å². The highest BCUT2D eigenvalue weighted by molar-refractivity contribution is 7.89. The predicted octanol–water partition coefficient (Wildman–Crippen LogP) is 2.62. The minimum absolute atomic E-state index is 0.00937. The molecule has 1 atom stereocenters. The van der Waals surface area contributed by atoms with Crippen molar-refractivity contribution < 1.29 is 8.42 Å². The van der Waals surface area contributed by atoms with Gasteiger partial charge in [0.25, 0.3) is 0 Å². The fourth-order valence-corrected chi connectivity index (χ4v) is 3.57. The molecule has 16 heavy (non-hydrogen) atoms. The van der Waals surface area contributed by atoms with Crippen molar-refractivity contribution in [2.24, 2.45) is 5.41 Å². The van der Waals surface area contributed by atoms with Gasteiger partial charge in [0.2, 0.25) is 10.0 Å². The van der Waals surface area contributed by atoms with Crippen molar-refractivity contribution in [3.05, 3.63) is 0 Å². The highest BCUT2D eigenvalue weighted by Gasteiger charge is 2.44. The molecule has 0 aliphatic heterocycles. The van der Waals surface area contributed by atoms with Crippen LogP contribution in [0.4, 0.5) is 0 Å². The Hall–Kier alpha value is -0.0900. The topological polar surface area (TPSA) is 37.4 Å². The number of sulfonamides is 1. The number of hydrogen-bond acceptors (Lipinski definition) is 2. The average Bonchev–Trinajstić information content (AvgIpc) is 2.85. The second-order valence-electron chi connectivity index (χ2n) is 6.20. The molecule has 1 aliphatic carbocycles. The number of rotatable bonds is 4. The highest BCUT2D eigenvalue weighted by Crippen LogP contribution is 2.37. The van der Waals surface area contributed by atoms with Crippen molar-refractivity contribution in [1.82, 2.24) is 4.31 Å². The van der Waals surface area contributed by atoms with Gasteiger partial charge in [0.1, 0.15) is 0 Å². The predicted molar refractivity (Wildman–Crippen MR) is 67.8 cm³/mol. The Balaban J connectivity index is 3.01. The smallest absolute Gasteiger partial charge is 0.212 e. The molecule has 0 heterocycles. The fraction of sp³-hybridized carbons (Fsp3) is 1.00. The molecule has 0 saturated heterocycles. The number of hydrogen-bond donors (Lipinski definition) is 0. The summed E-state index contributed by atoms with van der Waals surface area (Å²) >= 11 is 0. The van der Waals surface area contributed by atoms with Crippen LogP contribution < -0.4 is 0 Å². The third-order valence-electron chi connectivity index (χ3n) is 3.43. The maximum absolute atomic E-state index is 12.3. The van der Waals surface area contributed by atoms with E-state index in [2.05, 4.69) is 20.8 Å². The molecule has 0 aromatic carbocycles. The van der Waals surface area contributed by atoms with Gasteiger partial charge in [0.15, 0.2) is 0 Å². The van der Waals surface area contributed by atoms with E-state index in [1.54, 1.807) is 18.2 Å². The zero-order valence-corrected chi connectivity index (χ0v) is 12.1. The van der Waals surface area contributed by atoms with Gasteiger partial charge < -0.3 is 0 Å². The van der Waals surface area contributed by atoms with E-state index in [9.17, 15) is 8.42 Å². The van der Waals surface area contributed by atoms with Crippen molar-refractivity contribution in [1.29, 1.82) is 0 Å². The van der Waals surface area contributed by atoms with Crippen LogP contribution in [0.3, 0.4) is 0 Å². The Morgan fingerprint density at radius 1 is 1.12 bits per heavy atom. The lowest BCUT2D eigenvalue weighted by molar-refractivity contribution is 0.186. The fourth-order valence-electron chi connectivity index (χ4n) is 1.70. The average molecular weight is 247 g/mol. The van der Waals surface area contributed by atoms with Crippen LogP contribution in [0, 0.1) is 5.41 Å². The van der Waals surface area contributed by atoms with Crippen molar-refractivity contribution in [2.45, 2.75) is 71.7 Å². The second kappa shape index (κ2) is 4.30. The van der Waals surface area contributed by atoms with Crippen LogP contribution in [0.1, 0.15) is 54.4 Å². The molecule has 0 amide bonds. The molecule has 1 aliphatic rings. The zero-order chi connectivity index (χ0) is 12.7. The summed E-state index contributed by atoms with van der Waals surface area (Å²) < 4.78 is 26.4. The summed E-state index contributed by atoms with van der Waals surface area (Å²) in [6.45, 7) is 11.9. The van der Waals surface area contributed by atoms with E-state index in [1.807, 2.05) is 6.92 Å². The normalized spacial score (nSPS) is 20.5. The standard InChI is InChI=1S/C12H25NO2S/c1-9(2)16(14,15)13(11-7-8-11)10(3)12(4,5)6/h9-11H,7-8H2,1-6H3/t10-/m1/s1. The van der Waals surface area contributed by atoms with Gasteiger partial charge in [-0.1, -0.05) is 20.8 Å². The van der Waals surface area contributed by atoms with E-state index in [-0.39, 0.29) is 22.7 Å². The molecule has 0 aromatic heterocycles. The quantitative estimate of drug-likeness (QED) is 0.766. The summed E-state index contributed by atoms with van der Waals surface area (Å²) in [7, 11) is -3.12. The minimum atomic E-state index is -3.12. The van der Waals surface area contributed by atoms with Gasteiger partial charge in [-0.3, -0.25) is 0 Å². The molecular formula is C12H25NO2S. The van der Waals surface area contributed by atoms with Crippen LogP contribution >= 0.6 is 0 Å². The van der Waals surface area contributed by atoms with Crippen LogP contribution in [0.15, 0.2) is 0 Å². The summed E-state index contributed by atoms with van der Waals surface area (Å²) in [4.78, 5) is 0. The van der Waals surface area contributed by atoms with E-state index in [0.717, 1.165) is 12.8 Å². The van der Waals surface area contributed by atoms with Crippen LogP contribution in [-0.4, -0.2) is 30.1 Å². The van der Waals surface area contributed by atoms with Gasteiger partial charge in [0.05, 0.1) is 5.25 Å². The Bertz CT molecular complexity index is 337. The van der Waals surface area contributed by atoms with Gasteiger partial charge in [-0.2, -0.15) is 4.31 Å². The zero-order valence-electron chi connectivity index (χ0n) is 11.3. The summed E-state index contributed by atoms with van der Waals surface area (Å²) in [5.41, 5.74) is -0.00937. The Labute approximate surface area is 100 Å². The van der Waals surface area contributed by atoms with Crippen molar-refractivity contribution in [2.75, 3.05) is 0 Å². The molecular weight excluding hydrogens is 222 g/mol. The maximum Gasteiger partial charge on any atom is 0.216 e. The summed E-state index contributed by atoms with van der Waals surface area (Å²) in [6, 6.07) is 0.314. The summed E-state index contributed by atoms with van der Waals surface area (Å²) in [6.07, 6.45) is 2.04. The van der Waals surface area contributed by atoms with E-state index >= 15 is 0 Å². The molecule has 1 fully saturated rings. The highest BCUT2D eigenvalue weighted by atomic mass is 32.2. The molecule has 0 aromatic rings. The first-order valence-electron chi connectivity index (χ1n) is 6.11. The Morgan fingerprint density at radius 3 is 1.81 bits per heavy atom. The first-order chi connectivity index (χ1) is 7.08.